The molecule has 4 nitrogen and oxygen atoms in total. The summed E-state index contributed by atoms with van der Waals surface area (Å²) < 4.78 is 19.1. The monoisotopic (exact) mass is 288 g/mol. The molecule has 0 spiro atoms. The summed E-state index contributed by atoms with van der Waals surface area (Å²) >= 11 is 0. The first-order valence-corrected chi connectivity index (χ1v) is 6.76. The van der Waals surface area contributed by atoms with Crippen molar-refractivity contribution in [2.45, 2.75) is 0 Å². The Kier molecular flexibility index (Phi) is 3.43. The second-order valence-electron chi connectivity index (χ2n) is 5.30. The number of hydrogen-bond donors (Lipinski definition) is 2. The number of ether oxygens (including phenoxy) is 1. The van der Waals surface area contributed by atoms with E-state index in [1.807, 2.05) is 19.0 Å². The van der Waals surface area contributed by atoms with Gasteiger partial charge in [0.1, 0.15) is 12.4 Å². The highest BCUT2D eigenvalue weighted by atomic mass is 19.1. The highest BCUT2D eigenvalue weighted by Crippen LogP contribution is 2.38. The van der Waals surface area contributed by atoms with Gasteiger partial charge in [-0.25, -0.2) is 4.39 Å². The number of fused-ring (bicyclic) bond motifs is 3. The standard InChI is InChI=1S/C16H17FN2O2/c1-19(2)7-8-21-16-14(20)6-4-11-12-9-10(17)3-5-13(12)18-15(11)16/h3-6,9,18,20H,7-8H2,1-2H3. The van der Waals surface area contributed by atoms with Crippen LogP contribution in [0.1, 0.15) is 0 Å². The first-order valence-electron chi connectivity index (χ1n) is 6.76. The number of nitrogens with one attached hydrogen (secondary N) is 1. The quantitative estimate of drug-likeness (QED) is 0.775. The average Bonchev–Trinajstić information content (AvgIpc) is 2.79. The molecular formula is C16H17FN2O2. The lowest BCUT2D eigenvalue weighted by Gasteiger charge is -2.12. The molecule has 0 aliphatic rings. The van der Waals surface area contributed by atoms with Crippen LogP contribution < -0.4 is 4.74 Å². The number of aromatic hydroxyl groups is 1. The number of phenolic OH excluding ortho intramolecular Hbond substituents is 1. The Bertz CT molecular complexity index is 796. The van der Waals surface area contributed by atoms with Crippen LogP contribution in [0.15, 0.2) is 30.3 Å². The number of benzene rings is 2. The summed E-state index contributed by atoms with van der Waals surface area (Å²) in [6.45, 7) is 1.20. The van der Waals surface area contributed by atoms with Crippen LogP contribution in [0.25, 0.3) is 21.8 Å². The summed E-state index contributed by atoms with van der Waals surface area (Å²) in [7, 11) is 3.91. The van der Waals surface area contributed by atoms with Crippen molar-refractivity contribution in [3.05, 3.63) is 36.1 Å². The zero-order valence-electron chi connectivity index (χ0n) is 12.0. The molecule has 2 N–H and O–H groups in total. The molecule has 1 heterocycles. The Morgan fingerprint density at radius 3 is 2.76 bits per heavy atom. The molecule has 0 fully saturated rings. The van der Waals surface area contributed by atoms with Gasteiger partial charge in [0, 0.05) is 22.8 Å². The van der Waals surface area contributed by atoms with Gasteiger partial charge in [0.15, 0.2) is 11.5 Å². The fraction of sp³-hybridized carbons (Fsp3) is 0.250. The number of hydrogen-bond acceptors (Lipinski definition) is 3. The van der Waals surface area contributed by atoms with Crippen molar-refractivity contribution in [2.75, 3.05) is 27.2 Å². The summed E-state index contributed by atoms with van der Waals surface area (Å²) in [5.41, 5.74) is 1.50. The Labute approximate surface area is 121 Å². The van der Waals surface area contributed by atoms with Crippen molar-refractivity contribution in [1.82, 2.24) is 9.88 Å². The fourth-order valence-electron chi connectivity index (χ4n) is 2.38. The molecule has 0 amide bonds. The molecule has 0 atom stereocenters. The fourth-order valence-corrected chi connectivity index (χ4v) is 2.38. The number of rotatable bonds is 4. The largest absolute Gasteiger partial charge is 0.504 e. The van der Waals surface area contributed by atoms with Crippen molar-refractivity contribution in [3.63, 3.8) is 0 Å². The van der Waals surface area contributed by atoms with Crippen LogP contribution in [0.4, 0.5) is 4.39 Å². The van der Waals surface area contributed by atoms with Gasteiger partial charge < -0.3 is 19.7 Å². The SMILES string of the molecule is CN(C)CCOc1c(O)ccc2c1[nH]c1ccc(F)cc12. The number of aromatic nitrogens is 1. The summed E-state index contributed by atoms with van der Waals surface area (Å²) in [5, 5.41) is 11.6. The lowest BCUT2D eigenvalue weighted by molar-refractivity contribution is 0.255. The lowest BCUT2D eigenvalue weighted by Crippen LogP contribution is -2.19. The van der Waals surface area contributed by atoms with E-state index in [9.17, 15) is 9.50 Å². The average molecular weight is 288 g/mol. The number of phenols is 1. The number of nitrogens with zero attached hydrogens (tertiary/aromatic N) is 1. The Morgan fingerprint density at radius 2 is 2.00 bits per heavy atom. The van der Waals surface area contributed by atoms with Gasteiger partial charge in [0.05, 0.1) is 5.52 Å². The van der Waals surface area contributed by atoms with Crippen LogP contribution >= 0.6 is 0 Å². The van der Waals surface area contributed by atoms with Gasteiger partial charge in [0.2, 0.25) is 0 Å². The van der Waals surface area contributed by atoms with Gasteiger partial charge in [-0.15, -0.1) is 0 Å². The van der Waals surface area contributed by atoms with E-state index in [2.05, 4.69) is 4.98 Å². The number of H-pyrrole nitrogens is 1. The smallest absolute Gasteiger partial charge is 0.185 e. The minimum Gasteiger partial charge on any atom is -0.504 e. The van der Waals surface area contributed by atoms with E-state index >= 15 is 0 Å². The molecule has 0 saturated carbocycles. The minimum absolute atomic E-state index is 0.0771. The van der Waals surface area contributed by atoms with Gasteiger partial charge in [0.25, 0.3) is 0 Å². The first kappa shape index (κ1) is 13.7. The summed E-state index contributed by atoms with van der Waals surface area (Å²) in [6.07, 6.45) is 0. The van der Waals surface area contributed by atoms with Crippen LogP contribution in [0.5, 0.6) is 11.5 Å². The van der Waals surface area contributed by atoms with Gasteiger partial charge >= 0.3 is 0 Å². The van der Waals surface area contributed by atoms with E-state index in [0.717, 1.165) is 22.8 Å². The van der Waals surface area contributed by atoms with Crippen molar-refractivity contribution >= 4 is 21.8 Å². The van der Waals surface area contributed by atoms with E-state index in [1.54, 1.807) is 18.2 Å². The summed E-state index contributed by atoms with van der Waals surface area (Å²) in [6, 6.07) is 7.91. The molecule has 2 aromatic carbocycles. The minimum atomic E-state index is -0.286. The summed E-state index contributed by atoms with van der Waals surface area (Å²) in [4.78, 5) is 5.19. The Morgan fingerprint density at radius 1 is 1.19 bits per heavy atom. The van der Waals surface area contributed by atoms with Crippen molar-refractivity contribution in [2.24, 2.45) is 0 Å². The predicted molar refractivity (Wildman–Crippen MR) is 81.5 cm³/mol. The van der Waals surface area contributed by atoms with Crippen LogP contribution in [0.3, 0.4) is 0 Å². The zero-order chi connectivity index (χ0) is 15.0. The normalized spacial score (nSPS) is 11.6. The maximum absolute atomic E-state index is 13.4. The molecule has 3 aromatic rings. The molecule has 0 unspecified atom stereocenters. The van der Waals surface area contributed by atoms with Crippen LogP contribution in [0.2, 0.25) is 0 Å². The molecular weight excluding hydrogens is 271 g/mol. The van der Waals surface area contributed by atoms with Crippen LogP contribution in [0, 0.1) is 5.82 Å². The third-order valence-corrected chi connectivity index (χ3v) is 3.45. The van der Waals surface area contributed by atoms with E-state index in [-0.39, 0.29) is 11.6 Å². The molecule has 5 heteroatoms. The molecule has 3 rings (SSSR count). The van der Waals surface area contributed by atoms with E-state index in [0.29, 0.717) is 17.9 Å². The number of aromatic amines is 1. The molecule has 21 heavy (non-hydrogen) atoms. The zero-order valence-corrected chi connectivity index (χ0v) is 12.0. The van der Waals surface area contributed by atoms with E-state index in [4.69, 9.17) is 4.74 Å². The third-order valence-electron chi connectivity index (χ3n) is 3.45. The number of likely N-dealkylation sites (N-methyl/N-ethyl adjacent to an activating group) is 1. The molecule has 1 aromatic heterocycles. The molecule has 0 aliphatic carbocycles. The highest BCUT2D eigenvalue weighted by molar-refractivity contribution is 6.09. The topological polar surface area (TPSA) is 48.5 Å². The molecule has 0 radical (unpaired) electrons. The lowest BCUT2D eigenvalue weighted by atomic mass is 10.1. The Hall–Kier alpha value is -2.27. The molecule has 0 aliphatic heterocycles. The first-order chi connectivity index (χ1) is 10.1. The van der Waals surface area contributed by atoms with Crippen molar-refractivity contribution < 1.29 is 14.2 Å². The highest BCUT2D eigenvalue weighted by Gasteiger charge is 2.13. The maximum atomic E-state index is 13.4. The van der Waals surface area contributed by atoms with Crippen molar-refractivity contribution in [1.29, 1.82) is 0 Å². The molecule has 0 bridgehead atoms. The van der Waals surface area contributed by atoms with E-state index < -0.39 is 0 Å². The number of halogens is 1. The van der Waals surface area contributed by atoms with Crippen molar-refractivity contribution in [3.8, 4) is 11.5 Å². The van der Waals surface area contributed by atoms with Gasteiger partial charge in [-0.3, -0.25) is 0 Å². The van der Waals surface area contributed by atoms with Gasteiger partial charge in [-0.1, -0.05) is 0 Å². The van der Waals surface area contributed by atoms with Gasteiger partial charge in [-0.2, -0.15) is 0 Å². The van der Waals surface area contributed by atoms with Gasteiger partial charge in [-0.05, 0) is 44.4 Å². The van der Waals surface area contributed by atoms with Crippen LogP contribution in [-0.4, -0.2) is 42.2 Å². The predicted octanol–water partition coefficient (Wildman–Crippen LogP) is 3.11. The molecule has 110 valence electrons. The Balaban J connectivity index is 2.10. The summed E-state index contributed by atoms with van der Waals surface area (Å²) in [5.74, 6) is 0.200. The second-order valence-corrected chi connectivity index (χ2v) is 5.30. The van der Waals surface area contributed by atoms with E-state index in [1.165, 1.54) is 12.1 Å². The second kappa shape index (κ2) is 5.26. The maximum Gasteiger partial charge on any atom is 0.185 e. The third kappa shape index (κ3) is 2.52. The van der Waals surface area contributed by atoms with Crippen LogP contribution in [-0.2, 0) is 0 Å². The molecule has 0 saturated heterocycles.